The molecule has 4 rings (SSSR count). The molecule has 0 bridgehead atoms. The summed E-state index contributed by atoms with van der Waals surface area (Å²) in [7, 11) is 0. The van der Waals surface area contributed by atoms with Crippen LogP contribution in [0.15, 0.2) is 62.4 Å². The van der Waals surface area contributed by atoms with Gasteiger partial charge < -0.3 is 29.6 Å². The summed E-state index contributed by atoms with van der Waals surface area (Å²) >= 11 is 0. The van der Waals surface area contributed by atoms with E-state index in [1.54, 1.807) is 6.07 Å². The molecule has 1 atom stereocenters. The van der Waals surface area contributed by atoms with E-state index in [0.29, 0.717) is 17.5 Å². The van der Waals surface area contributed by atoms with Gasteiger partial charge >= 0.3 is 0 Å². The van der Waals surface area contributed by atoms with Crippen LogP contribution in [0, 0.1) is 0 Å². The molecule has 0 saturated carbocycles. The average molecular weight is 505 g/mol. The Labute approximate surface area is 215 Å². The normalized spacial score (nSPS) is 14.5. The Hall–Kier alpha value is -4.13. The van der Waals surface area contributed by atoms with E-state index < -0.39 is 17.3 Å². The molecule has 37 heavy (non-hydrogen) atoms. The number of hydrogen-bond acceptors (Lipinski definition) is 7. The van der Waals surface area contributed by atoms with Crippen molar-refractivity contribution in [3.63, 3.8) is 0 Å². The van der Waals surface area contributed by atoms with Crippen molar-refractivity contribution in [1.82, 2.24) is 0 Å². The second-order valence-corrected chi connectivity index (χ2v) is 9.98. The molecule has 194 valence electrons. The molecular formula is C30H32O7. The van der Waals surface area contributed by atoms with Crippen molar-refractivity contribution in [1.29, 1.82) is 0 Å². The van der Waals surface area contributed by atoms with Crippen LogP contribution >= 0.6 is 0 Å². The van der Waals surface area contributed by atoms with Crippen LogP contribution in [0.25, 0.3) is 22.3 Å². The van der Waals surface area contributed by atoms with Crippen molar-refractivity contribution in [2.45, 2.75) is 60.0 Å². The molecule has 0 radical (unpaired) electrons. The minimum atomic E-state index is -0.878. The molecule has 2 aromatic carbocycles. The van der Waals surface area contributed by atoms with Crippen LogP contribution in [0.1, 0.15) is 64.7 Å². The van der Waals surface area contributed by atoms with Crippen LogP contribution in [0.3, 0.4) is 0 Å². The Kier molecular flexibility index (Phi) is 7.07. The number of ether oxygens (including phenoxy) is 1. The van der Waals surface area contributed by atoms with Gasteiger partial charge in [0.1, 0.15) is 28.6 Å². The van der Waals surface area contributed by atoms with Crippen LogP contribution in [0.5, 0.6) is 28.7 Å². The lowest BCUT2D eigenvalue weighted by Gasteiger charge is -2.28. The number of fused-ring (bicyclic) bond motifs is 4. The molecule has 4 N–H and O–H groups in total. The smallest absolute Gasteiger partial charge is 0.239 e. The molecule has 0 amide bonds. The summed E-state index contributed by atoms with van der Waals surface area (Å²) in [5, 5.41) is 42.2. The van der Waals surface area contributed by atoms with Gasteiger partial charge in [-0.3, -0.25) is 4.79 Å². The maximum absolute atomic E-state index is 13.5. The molecule has 7 heteroatoms. The first kappa shape index (κ1) is 25.9. The summed E-state index contributed by atoms with van der Waals surface area (Å²) in [6.45, 7) is 9.86. The molecule has 2 heterocycles. The third-order valence-electron chi connectivity index (χ3n) is 6.34. The summed E-state index contributed by atoms with van der Waals surface area (Å²) in [6, 6.07) is 3.98. The zero-order chi connectivity index (χ0) is 27.0. The predicted molar refractivity (Wildman–Crippen MR) is 144 cm³/mol. The number of phenols is 4. The Balaban J connectivity index is 1.97. The number of benzene rings is 2. The molecule has 0 spiro atoms. The summed E-state index contributed by atoms with van der Waals surface area (Å²) in [5.41, 5.74) is 3.73. The maximum Gasteiger partial charge on any atom is 0.239 e. The highest BCUT2D eigenvalue weighted by molar-refractivity contribution is 5.89. The predicted octanol–water partition coefficient (Wildman–Crippen LogP) is 6.92. The quantitative estimate of drug-likeness (QED) is 0.212. The average Bonchev–Trinajstić information content (AvgIpc) is 2.80. The molecule has 3 aromatic rings. The molecule has 1 aliphatic rings. The van der Waals surface area contributed by atoms with E-state index in [1.807, 2.05) is 46.8 Å². The number of aromatic hydroxyl groups is 4. The second kappa shape index (κ2) is 10.1. The fourth-order valence-electron chi connectivity index (χ4n) is 4.46. The highest BCUT2D eigenvalue weighted by Gasteiger charge is 2.35. The minimum absolute atomic E-state index is 0.0268. The molecule has 0 fully saturated rings. The molecule has 0 saturated heterocycles. The summed E-state index contributed by atoms with van der Waals surface area (Å²) in [4.78, 5) is 13.5. The van der Waals surface area contributed by atoms with Gasteiger partial charge in [-0.1, -0.05) is 28.9 Å². The topological polar surface area (TPSA) is 120 Å². The lowest BCUT2D eigenvalue weighted by molar-refractivity contribution is 0.233. The number of phenolic OH excluding ortho intramolecular Hbond substituents is 4. The Morgan fingerprint density at radius 1 is 0.946 bits per heavy atom. The van der Waals surface area contributed by atoms with E-state index in [2.05, 4.69) is 6.08 Å². The van der Waals surface area contributed by atoms with Crippen LogP contribution in [0.2, 0.25) is 0 Å². The van der Waals surface area contributed by atoms with Crippen LogP contribution in [0.4, 0.5) is 0 Å². The number of hydrogen-bond donors (Lipinski definition) is 4. The van der Waals surface area contributed by atoms with E-state index in [1.165, 1.54) is 11.6 Å². The number of allylic oxidation sites excluding steroid dienone is 5. The van der Waals surface area contributed by atoms with Crippen molar-refractivity contribution in [2.75, 3.05) is 0 Å². The van der Waals surface area contributed by atoms with E-state index in [4.69, 9.17) is 9.15 Å². The molecule has 1 aromatic heterocycles. The fourth-order valence-corrected chi connectivity index (χ4v) is 4.46. The molecule has 0 aliphatic carbocycles. The van der Waals surface area contributed by atoms with Crippen molar-refractivity contribution in [3.05, 3.63) is 74.5 Å². The zero-order valence-electron chi connectivity index (χ0n) is 21.7. The van der Waals surface area contributed by atoms with Gasteiger partial charge in [0.05, 0.1) is 5.56 Å². The first-order valence-electron chi connectivity index (χ1n) is 12.2. The largest absolute Gasteiger partial charge is 0.508 e. The highest BCUT2D eigenvalue weighted by Crippen LogP contribution is 2.51. The molecular weight excluding hydrogens is 472 g/mol. The number of rotatable bonds is 6. The fraction of sp³-hybridized carbons (Fsp3) is 0.300. The Morgan fingerprint density at radius 3 is 2.32 bits per heavy atom. The van der Waals surface area contributed by atoms with Crippen LogP contribution < -0.4 is 10.2 Å². The minimum Gasteiger partial charge on any atom is -0.508 e. The van der Waals surface area contributed by atoms with Gasteiger partial charge in [-0.05, 0) is 66.0 Å². The second-order valence-electron chi connectivity index (χ2n) is 9.98. The zero-order valence-corrected chi connectivity index (χ0v) is 21.7. The van der Waals surface area contributed by atoms with Gasteiger partial charge in [-0.15, -0.1) is 0 Å². The molecule has 1 aliphatic heterocycles. The van der Waals surface area contributed by atoms with Crippen LogP contribution in [-0.4, -0.2) is 20.4 Å². The van der Waals surface area contributed by atoms with Crippen molar-refractivity contribution >= 4 is 11.0 Å². The van der Waals surface area contributed by atoms with E-state index in [0.717, 1.165) is 30.1 Å². The van der Waals surface area contributed by atoms with E-state index in [-0.39, 0.29) is 45.3 Å². The summed E-state index contributed by atoms with van der Waals surface area (Å²) in [6.07, 6.45) is 6.90. The van der Waals surface area contributed by atoms with Crippen LogP contribution in [-0.2, 0) is 6.42 Å². The van der Waals surface area contributed by atoms with Crippen molar-refractivity contribution < 1.29 is 29.6 Å². The van der Waals surface area contributed by atoms with Gasteiger partial charge in [-0.25, -0.2) is 0 Å². The van der Waals surface area contributed by atoms with Gasteiger partial charge in [0.25, 0.3) is 0 Å². The lowest BCUT2D eigenvalue weighted by atomic mass is 9.90. The van der Waals surface area contributed by atoms with Gasteiger partial charge in [0.2, 0.25) is 11.2 Å². The highest BCUT2D eigenvalue weighted by atomic mass is 16.5. The van der Waals surface area contributed by atoms with E-state index in [9.17, 15) is 25.2 Å². The Morgan fingerprint density at radius 2 is 1.65 bits per heavy atom. The van der Waals surface area contributed by atoms with Gasteiger partial charge in [0.15, 0.2) is 17.3 Å². The van der Waals surface area contributed by atoms with Crippen molar-refractivity contribution in [2.24, 2.45) is 0 Å². The van der Waals surface area contributed by atoms with Crippen molar-refractivity contribution in [3.8, 4) is 40.1 Å². The lowest BCUT2D eigenvalue weighted by Crippen LogP contribution is -2.19. The summed E-state index contributed by atoms with van der Waals surface area (Å²) < 4.78 is 12.1. The van der Waals surface area contributed by atoms with E-state index >= 15 is 0 Å². The molecule has 7 nitrogen and oxygen atoms in total. The standard InChI is InChI=1S/C30H32O7/c1-15(2)7-6-8-17(5)11-22-24-20(12-18(10-9-16(3)4)26(33)27(24)34)29-30(37-22)28(35)25-21(32)13-19(31)14-23(25)36-29/h7,9,11-14,22,31-34H,6,8,10H2,1-5H3/b17-11+. The maximum atomic E-state index is 13.5. The third kappa shape index (κ3) is 5.07. The monoisotopic (exact) mass is 504 g/mol. The SMILES string of the molecule is CC(C)=CCC/C(C)=C/C1Oc2c(oc3cc(O)cc(O)c3c2=O)-c2cc(CC=C(C)C)c(O)c(O)c21. The summed E-state index contributed by atoms with van der Waals surface area (Å²) in [5.74, 6) is -1.36. The third-order valence-corrected chi connectivity index (χ3v) is 6.34. The Bertz CT molecular complexity index is 1530. The van der Waals surface area contributed by atoms with Gasteiger partial charge in [-0.2, -0.15) is 0 Å². The first-order chi connectivity index (χ1) is 17.5. The molecule has 1 unspecified atom stereocenters. The first-order valence-corrected chi connectivity index (χ1v) is 12.2. The van der Waals surface area contributed by atoms with Gasteiger partial charge in [0, 0.05) is 23.3 Å².